The first kappa shape index (κ1) is 19.2. The molecule has 0 unspecified atom stereocenters. The first-order valence-corrected chi connectivity index (χ1v) is 10.1. The minimum absolute atomic E-state index is 0.0944. The van der Waals surface area contributed by atoms with Gasteiger partial charge in [-0.25, -0.2) is 23.1 Å². The highest BCUT2D eigenvalue weighted by Crippen LogP contribution is 2.23. The van der Waals surface area contributed by atoms with Gasteiger partial charge in [-0.05, 0) is 44.4 Å². The third-order valence-corrected chi connectivity index (χ3v) is 5.98. The van der Waals surface area contributed by atoms with Gasteiger partial charge < -0.3 is 9.80 Å². The standard InChI is InChI=1S/C18H22N6O2S/c1-23(2)11-15-12-24(18-20-8-3-9-21-18)13-17(15)22-27(25,26)16-6-4-14(10-19)5-7-16/h3-9,15,17,22H,11-13H2,1-2H3/t15-,17-/m1/s1. The van der Waals surface area contributed by atoms with Crippen molar-refractivity contribution < 1.29 is 8.42 Å². The largest absolute Gasteiger partial charge is 0.339 e. The van der Waals surface area contributed by atoms with E-state index in [1.807, 2.05) is 30.0 Å². The summed E-state index contributed by atoms with van der Waals surface area (Å²) in [6.45, 7) is 1.91. The lowest BCUT2D eigenvalue weighted by molar-refractivity contribution is 0.315. The second kappa shape index (κ2) is 8.00. The van der Waals surface area contributed by atoms with E-state index in [1.54, 1.807) is 18.5 Å². The van der Waals surface area contributed by atoms with Gasteiger partial charge >= 0.3 is 0 Å². The van der Waals surface area contributed by atoms with Gasteiger partial charge in [0.2, 0.25) is 16.0 Å². The number of rotatable bonds is 6. The van der Waals surface area contributed by atoms with E-state index in [0.717, 1.165) is 6.54 Å². The van der Waals surface area contributed by atoms with Crippen molar-refractivity contribution in [3.63, 3.8) is 0 Å². The summed E-state index contributed by atoms with van der Waals surface area (Å²) in [5.74, 6) is 0.693. The lowest BCUT2D eigenvalue weighted by Gasteiger charge is -2.22. The third-order valence-electron chi connectivity index (χ3n) is 4.48. The van der Waals surface area contributed by atoms with Crippen LogP contribution in [0.25, 0.3) is 0 Å². The summed E-state index contributed by atoms with van der Waals surface area (Å²) in [5.41, 5.74) is 0.424. The molecule has 27 heavy (non-hydrogen) atoms. The van der Waals surface area contributed by atoms with Crippen molar-refractivity contribution in [1.29, 1.82) is 5.26 Å². The Kier molecular flexibility index (Phi) is 5.70. The van der Waals surface area contributed by atoms with Gasteiger partial charge in [-0.15, -0.1) is 0 Å². The molecule has 2 aromatic rings. The Morgan fingerprint density at radius 3 is 2.48 bits per heavy atom. The molecule has 1 aliphatic rings. The Hall–Kier alpha value is -2.54. The number of nitrogens with zero attached hydrogens (tertiary/aromatic N) is 5. The van der Waals surface area contributed by atoms with Crippen LogP contribution in [0.5, 0.6) is 0 Å². The molecule has 9 heteroatoms. The van der Waals surface area contributed by atoms with E-state index < -0.39 is 10.0 Å². The van der Waals surface area contributed by atoms with Crippen molar-refractivity contribution in [1.82, 2.24) is 19.6 Å². The monoisotopic (exact) mass is 386 g/mol. The van der Waals surface area contributed by atoms with E-state index >= 15 is 0 Å². The molecule has 1 aliphatic heterocycles. The van der Waals surface area contributed by atoms with Crippen LogP contribution >= 0.6 is 0 Å². The summed E-state index contributed by atoms with van der Waals surface area (Å²) in [7, 11) is 0.244. The molecule has 3 rings (SSSR count). The summed E-state index contributed by atoms with van der Waals surface area (Å²) in [6, 6.07) is 9.39. The average molecular weight is 386 g/mol. The quantitative estimate of drug-likeness (QED) is 0.779. The van der Waals surface area contributed by atoms with Gasteiger partial charge in [0.05, 0.1) is 16.5 Å². The maximum Gasteiger partial charge on any atom is 0.240 e. The average Bonchev–Trinajstić information content (AvgIpc) is 3.03. The van der Waals surface area contributed by atoms with Crippen LogP contribution in [0.1, 0.15) is 5.56 Å². The number of anilines is 1. The molecule has 1 fully saturated rings. The molecule has 0 amide bonds. The number of nitrogens with one attached hydrogen (secondary N) is 1. The van der Waals surface area contributed by atoms with Gasteiger partial charge in [-0.1, -0.05) is 0 Å². The summed E-state index contributed by atoms with van der Waals surface area (Å²) in [5, 5.41) is 8.88. The molecule has 1 aromatic heterocycles. The van der Waals surface area contributed by atoms with Crippen LogP contribution in [0.2, 0.25) is 0 Å². The zero-order valence-corrected chi connectivity index (χ0v) is 16.1. The van der Waals surface area contributed by atoms with E-state index in [4.69, 9.17) is 5.26 Å². The van der Waals surface area contributed by atoms with Crippen molar-refractivity contribution in [2.75, 3.05) is 38.6 Å². The van der Waals surface area contributed by atoms with Crippen LogP contribution in [-0.2, 0) is 10.0 Å². The van der Waals surface area contributed by atoms with Crippen LogP contribution in [-0.4, -0.2) is 63.1 Å². The summed E-state index contributed by atoms with van der Waals surface area (Å²) < 4.78 is 28.4. The molecule has 0 saturated carbocycles. The van der Waals surface area contributed by atoms with Gasteiger partial charge in [0.15, 0.2) is 0 Å². The van der Waals surface area contributed by atoms with Crippen LogP contribution < -0.4 is 9.62 Å². The molecular weight excluding hydrogens is 364 g/mol. The Labute approximate surface area is 159 Å². The Balaban J connectivity index is 1.80. The molecule has 2 heterocycles. The van der Waals surface area contributed by atoms with E-state index in [2.05, 4.69) is 14.7 Å². The fraction of sp³-hybridized carbons (Fsp3) is 0.389. The number of nitriles is 1. The topological polar surface area (TPSA) is 102 Å². The van der Waals surface area contributed by atoms with Crippen molar-refractivity contribution >= 4 is 16.0 Å². The van der Waals surface area contributed by atoms with Crippen LogP contribution in [0.4, 0.5) is 5.95 Å². The molecule has 1 aromatic carbocycles. The lowest BCUT2D eigenvalue weighted by Crippen LogP contribution is -2.43. The van der Waals surface area contributed by atoms with Crippen LogP contribution in [0.3, 0.4) is 0 Å². The molecule has 1 saturated heterocycles. The predicted molar refractivity (Wildman–Crippen MR) is 102 cm³/mol. The van der Waals surface area contributed by atoms with Gasteiger partial charge in [-0.2, -0.15) is 5.26 Å². The molecule has 0 radical (unpaired) electrons. The second-order valence-corrected chi connectivity index (χ2v) is 8.55. The molecule has 2 atom stereocenters. The molecule has 1 N–H and O–H groups in total. The molecule has 0 spiro atoms. The summed E-state index contributed by atoms with van der Waals surface area (Å²) >= 11 is 0. The number of sulfonamides is 1. The number of benzene rings is 1. The van der Waals surface area contributed by atoms with E-state index in [0.29, 0.717) is 24.6 Å². The highest BCUT2D eigenvalue weighted by atomic mass is 32.2. The molecule has 0 bridgehead atoms. The fourth-order valence-electron chi connectivity index (χ4n) is 3.25. The number of hydrogen-bond donors (Lipinski definition) is 1. The minimum Gasteiger partial charge on any atom is -0.339 e. The van der Waals surface area contributed by atoms with Crippen molar-refractivity contribution in [3.05, 3.63) is 48.3 Å². The maximum absolute atomic E-state index is 12.8. The summed E-state index contributed by atoms with van der Waals surface area (Å²) in [6.07, 6.45) is 3.36. The Morgan fingerprint density at radius 2 is 1.89 bits per heavy atom. The van der Waals surface area contributed by atoms with E-state index in [-0.39, 0.29) is 16.9 Å². The van der Waals surface area contributed by atoms with Crippen LogP contribution in [0, 0.1) is 17.2 Å². The second-order valence-electron chi connectivity index (χ2n) is 6.84. The highest BCUT2D eigenvalue weighted by Gasteiger charge is 2.37. The SMILES string of the molecule is CN(C)C[C@@H]1CN(c2ncccn2)C[C@H]1NS(=O)(=O)c1ccc(C#N)cc1. The fourth-order valence-corrected chi connectivity index (χ4v) is 4.55. The predicted octanol–water partition coefficient (Wildman–Crippen LogP) is 0.693. The first-order chi connectivity index (χ1) is 12.9. The van der Waals surface area contributed by atoms with E-state index in [9.17, 15) is 8.42 Å². The molecular formula is C18H22N6O2S. The Bertz CT molecular complexity index is 909. The highest BCUT2D eigenvalue weighted by molar-refractivity contribution is 7.89. The molecule has 142 valence electrons. The van der Waals surface area contributed by atoms with Gasteiger partial charge in [0, 0.05) is 44.0 Å². The van der Waals surface area contributed by atoms with Gasteiger partial charge in [0.1, 0.15) is 0 Å². The number of hydrogen-bond acceptors (Lipinski definition) is 7. The zero-order valence-electron chi connectivity index (χ0n) is 15.3. The van der Waals surface area contributed by atoms with Crippen molar-refractivity contribution in [3.8, 4) is 6.07 Å². The Morgan fingerprint density at radius 1 is 1.22 bits per heavy atom. The van der Waals surface area contributed by atoms with Gasteiger partial charge in [0.25, 0.3) is 0 Å². The maximum atomic E-state index is 12.8. The zero-order chi connectivity index (χ0) is 19.4. The third kappa shape index (κ3) is 4.60. The molecule has 0 aliphatic carbocycles. The normalized spacial score (nSPS) is 20.0. The van der Waals surface area contributed by atoms with Gasteiger partial charge in [-0.3, -0.25) is 0 Å². The van der Waals surface area contributed by atoms with E-state index in [1.165, 1.54) is 24.3 Å². The van der Waals surface area contributed by atoms with Crippen LogP contribution in [0.15, 0.2) is 47.6 Å². The molecule has 8 nitrogen and oxygen atoms in total. The lowest BCUT2D eigenvalue weighted by atomic mass is 10.0. The summed E-state index contributed by atoms with van der Waals surface area (Å²) in [4.78, 5) is 12.7. The van der Waals surface area contributed by atoms with Crippen molar-refractivity contribution in [2.45, 2.75) is 10.9 Å². The smallest absolute Gasteiger partial charge is 0.240 e. The first-order valence-electron chi connectivity index (χ1n) is 8.58. The number of aromatic nitrogens is 2. The van der Waals surface area contributed by atoms with Crippen molar-refractivity contribution in [2.24, 2.45) is 5.92 Å². The minimum atomic E-state index is -3.69.